The second kappa shape index (κ2) is 5.28. The lowest BCUT2D eigenvalue weighted by molar-refractivity contribution is 0.0697. The summed E-state index contributed by atoms with van der Waals surface area (Å²) in [6.07, 6.45) is 2.50. The predicted octanol–water partition coefficient (Wildman–Crippen LogP) is 2.52. The van der Waals surface area contributed by atoms with Gasteiger partial charge in [0.15, 0.2) is 0 Å². The van der Waals surface area contributed by atoms with Gasteiger partial charge < -0.3 is 5.11 Å². The summed E-state index contributed by atoms with van der Waals surface area (Å²) in [5.41, 5.74) is -0.330. The molecule has 1 saturated carbocycles. The first kappa shape index (κ1) is 14.6. The van der Waals surface area contributed by atoms with Crippen LogP contribution in [0.4, 0.5) is 0 Å². The highest BCUT2D eigenvalue weighted by molar-refractivity contribution is 7.89. The molecule has 0 amide bonds. The van der Waals surface area contributed by atoms with Gasteiger partial charge in [-0.3, -0.25) is 0 Å². The first-order valence-corrected chi connectivity index (χ1v) is 7.80. The van der Waals surface area contributed by atoms with Crippen molar-refractivity contribution in [1.82, 2.24) is 4.72 Å². The summed E-state index contributed by atoms with van der Waals surface area (Å²) in [6, 6.07) is 2.15. The van der Waals surface area contributed by atoms with Crippen molar-refractivity contribution in [3.05, 3.63) is 27.7 Å². The van der Waals surface area contributed by atoms with Crippen LogP contribution in [0, 0.1) is 0 Å². The Hall–Kier alpha value is -0.820. The Morgan fingerprint density at radius 2 is 1.95 bits per heavy atom. The van der Waals surface area contributed by atoms with Crippen LogP contribution in [-0.4, -0.2) is 25.5 Å². The Kier molecular flexibility index (Phi) is 4.06. The number of hydrogen-bond acceptors (Lipinski definition) is 3. The average molecular weight is 324 g/mol. The van der Waals surface area contributed by atoms with Crippen molar-refractivity contribution in [3.8, 4) is 0 Å². The summed E-state index contributed by atoms with van der Waals surface area (Å²) in [7, 11) is -3.86. The Labute approximate surface area is 120 Å². The maximum Gasteiger partial charge on any atom is 0.337 e. The lowest BCUT2D eigenvalue weighted by Crippen LogP contribution is -2.39. The molecule has 1 aromatic carbocycles. The molecule has 5 nitrogen and oxygen atoms in total. The Morgan fingerprint density at radius 1 is 1.32 bits per heavy atom. The summed E-state index contributed by atoms with van der Waals surface area (Å²) in [5.74, 6) is -1.33. The van der Waals surface area contributed by atoms with Crippen LogP contribution in [0.3, 0.4) is 0 Å². The number of nitrogens with one attached hydrogen (secondary N) is 1. The van der Waals surface area contributed by atoms with Crippen LogP contribution in [-0.2, 0) is 10.0 Å². The van der Waals surface area contributed by atoms with Crippen LogP contribution in [0.15, 0.2) is 17.0 Å². The van der Waals surface area contributed by atoms with Crippen LogP contribution in [0.2, 0.25) is 10.0 Å². The van der Waals surface area contributed by atoms with E-state index in [4.69, 9.17) is 28.3 Å². The molecule has 0 radical (unpaired) electrons. The molecule has 2 N–H and O–H groups in total. The number of hydrogen-bond donors (Lipinski definition) is 2. The highest BCUT2D eigenvalue weighted by Gasteiger charge is 2.28. The SMILES string of the molecule is O=C(O)c1cc(Cl)cc(S(=O)(=O)NC2CCC2)c1Cl. The Balaban J connectivity index is 2.46. The van der Waals surface area contributed by atoms with Gasteiger partial charge in [-0.15, -0.1) is 0 Å². The maximum absolute atomic E-state index is 12.1. The minimum atomic E-state index is -3.86. The van der Waals surface area contributed by atoms with E-state index >= 15 is 0 Å². The van der Waals surface area contributed by atoms with Crippen LogP contribution >= 0.6 is 23.2 Å². The molecule has 0 atom stereocenters. The zero-order valence-electron chi connectivity index (χ0n) is 9.69. The molecule has 1 aliphatic carbocycles. The minimum absolute atomic E-state index is 0.00999. The van der Waals surface area contributed by atoms with Crippen molar-refractivity contribution >= 4 is 39.2 Å². The van der Waals surface area contributed by atoms with E-state index in [1.54, 1.807) is 0 Å². The normalized spacial score (nSPS) is 16.1. The number of benzene rings is 1. The molecule has 8 heteroatoms. The molecule has 1 aromatic rings. The van der Waals surface area contributed by atoms with Gasteiger partial charge in [0, 0.05) is 11.1 Å². The van der Waals surface area contributed by atoms with Gasteiger partial charge in [0.05, 0.1) is 10.6 Å². The molecule has 1 fully saturated rings. The van der Waals surface area contributed by atoms with E-state index in [1.807, 2.05) is 0 Å². The van der Waals surface area contributed by atoms with Crippen LogP contribution in [0.5, 0.6) is 0 Å². The van der Waals surface area contributed by atoms with Crippen molar-refractivity contribution in [2.24, 2.45) is 0 Å². The summed E-state index contributed by atoms with van der Waals surface area (Å²) < 4.78 is 26.8. The van der Waals surface area contributed by atoms with E-state index in [2.05, 4.69) is 4.72 Å². The van der Waals surface area contributed by atoms with Gasteiger partial charge in [-0.25, -0.2) is 17.9 Å². The van der Waals surface area contributed by atoms with Gasteiger partial charge in [-0.05, 0) is 25.0 Å². The van der Waals surface area contributed by atoms with Crippen LogP contribution in [0.1, 0.15) is 29.6 Å². The fourth-order valence-corrected chi connectivity index (χ4v) is 3.93. The predicted molar refractivity (Wildman–Crippen MR) is 71.4 cm³/mol. The van der Waals surface area contributed by atoms with Crippen molar-refractivity contribution in [2.75, 3.05) is 0 Å². The number of rotatable bonds is 4. The molecule has 0 bridgehead atoms. The highest BCUT2D eigenvalue weighted by atomic mass is 35.5. The molecule has 19 heavy (non-hydrogen) atoms. The summed E-state index contributed by atoms with van der Waals surface area (Å²) >= 11 is 11.6. The van der Waals surface area contributed by atoms with E-state index in [0.717, 1.165) is 31.4 Å². The summed E-state index contributed by atoms with van der Waals surface area (Å²) in [4.78, 5) is 10.7. The monoisotopic (exact) mass is 323 g/mol. The second-order valence-corrected chi connectivity index (χ2v) is 6.82. The van der Waals surface area contributed by atoms with Gasteiger partial charge in [0.1, 0.15) is 4.90 Å². The molecule has 0 spiro atoms. The van der Waals surface area contributed by atoms with Gasteiger partial charge in [-0.1, -0.05) is 29.6 Å². The molecule has 0 aliphatic heterocycles. The molecule has 0 aromatic heterocycles. The largest absolute Gasteiger partial charge is 0.478 e. The topological polar surface area (TPSA) is 83.5 Å². The van der Waals surface area contributed by atoms with Crippen LogP contribution < -0.4 is 4.72 Å². The Morgan fingerprint density at radius 3 is 2.42 bits per heavy atom. The molecular weight excluding hydrogens is 313 g/mol. The number of carboxylic acid groups (broad SMARTS) is 1. The van der Waals surface area contributed by atoms with Crippen molar-refractivity contribution in [3.63, 3.8) is 0 Å². The number of halogens is 2. The molecule has 0 heterocycles. The lowest BCUT2D eigenvalue weighted by Gasteiger charge is -2.26. The van der Waals surface area contributed by atoms with Crippen LogP contribution in [0.25, 0.3) is 0 Å². The minimum Gasteiger partial charge on any atom is -0.478 e. The van der Waals surface area contributed by atoms with E-state index in [9.17, 15) is 13.2 Å². The second-order valence-electron chi connectivity index (χ2n) is 4.32. The third-order valence-electron chi connectivity index (χ3n) is 2.95. The standard InChI is InChI=1S/C11H11Cl2NO4S/c12-6-4-8(11(15)16)10(13)9(5-6)19(17,18)14-7-2-1-3-7/h4-5,7,14H,1-3H2,(H,15,16). The lowest BCUT2D eigenvalue weighted by atomic mass is 9.94. The Bertz CT molecular complexity index is 626. The van der Waals surface area contributed by atoms with Crippen molar-refractivity contribution < 1.29 is 18.3 Å². The van der Waals surface area contributed by atoms with Gasteiger partial charge in [-0.2, -0.15) is 0 Å². The maximum atomic E-state index is 12.1. The van der Waals surface area contributed by atoms with Crippen molar-refractivity contribution in [2.45, 2.75) is 30.2 Å². The summed E-state index contributed by atoms with van der Waals surface area (Å²) in [5, 5.41) is 8.64. The first-order valence-electron chi connectivity index (χ1n) is 5.56. The zero-order chi connectivity index (χ0) is 14.2. The number of aromatic carboxylic acids is 1. The number of sulfonamides is 1. The van der Waals surface area contributed by atoms with Gasteiger partial charge in [0.2, 0.25) is 10.0 Å². The van der Waals surface area contributed by atoms with E-state index < -0.39 is 16.0 Å². The smallest absolute Gasteiger partial charge is 0.337 e. The quantitative estimate of drug-likeness (QED) is 0.891. The number of carboxylic acids is 1. The van der Waals surface area contributed by atoms with Gasteiger partial charge in [0.25, 0.3) is 0 Å². The van der Waals surface area contributed by atoms with Crippen molar-refractivity contribution in [1.29, 1.82) is 0 Å². The fraction of sp³-hybridized carbons (Fsp3) is 0.364. The third-order valence-corrected chi connectivity index (χ3v) is 5.23. The zero-order valence-corrected chi connectivity index (χ0v) is 12.0. The molecule has 0 saturated heterocycles. The van der Waals surface area contributed by atoms with E-state index in [1.165, 1.54) is 0 Å². The molecule has 2 rings (SSSR count). The van der Waals surface area contributed by atoms with E-state index in [-0.39, 0.29) is 26.5 Å². The molecular formula is C11H11Cl2NO4S. The molecule has 0 unspecified atom stereocenters. The molecule has 1 aliphatic rings. The van der Waals surface area contributed by atoms with Gasteiger partial charge >= 0.3 is 5.97 Å². The summed E-state index contributed by atoms with van der Waals surface area (Å²) in [6.45, 7) is 0. The third kappa shape index (κ3) is 3.02. The highest BCUT2D eigenvalue weighted by Crippen LogP contribution is 2.30. The fourth-order valence-electron chi connectivity index (χ4n) is 1.72. The number of carbonyl (C=O) groups is 1. The van der Waals surface area contributed by atoms with E-state index in [0.29, 0.717) is 0 Å². The molecule has 104 valence electrons. The average Bonchev–Trinajstić information content (AvgIpc) is 2.26. The first-order chi connectivity index (χ1) is 8.81.